The third kappa shape index (κ3) is 3.44. The summed E-state index contributed by atoms with van der Waals surface area (Å²) in [6.07, 6.45) is 6.97. The standard InChI is InChI=1S/C20H34N4O3/c1-3-26-17-14-16(20(17)7-5-8-20)22-19(21-2)24-11-9-23(10-12-24)18(25)15-6-4-13-27-15/h15-17H,3-14H2,1-2H3,(H,21,22). The molecule has 2 saturated heterocycles. The molecule has 0 aromatic heterocycles. The van der Waals surface area contributed by atoms with E-state index in [9.17, 15) is 4.79 Å². The largest absolute Gasteiger partial charge is 0.378 e. The highest BCUT2D eigenvalue weighted by Crippen LogP contribution is 2.57. The Morgan fingerprint density at radius 1 is 1.22 bits per heavy atom. The van der Waals surface area contributed by atoms with Crippen LogP contribution < -0.4 is 5.32 Å². The van der Waals surface area contributed by atoms with Crippen molar-refractivity contribution in [2.24, 2.45) is 10.4 Å². The van der Waals surface area contributed by atoms with Gasteiger partial charge >= 0.3 is 0 Å². The van der Waals surface area contributed by atoms with E-state index in [1.54, 1.807) is 0 Å². The SMILES string of the molecule is CCOC1CC(NC(=NC)N2CCN(C(=O)C3CCCO3)CC2)C12CCC2. The molecule has 2 aliphatic heterocycles. The molecule has 1 spiro atoms. The minimum absolute atomic E-state index is 0.169. The predicted octanol–water partition coefficient (Wildman–Crippen LogP) is 1.23. The summed E-state index contributed by atoms with van der Waals surface area (Å²) in [5, 5.41) is 3.72. The molecule has 1 N–H and O–H groups in total. The maximum atomic E-state index is 12.5. The summed E-state index contributed by atoms with van der Waals surface area (Å²) in [6, 6.07) is 0.466. The monoisotopic (exact) mass is 378 g/mol. The van der Waals surface area contributed by atoms with Crippen molar-refractivity contribution in [2.75, 3.05) is 46.4 Å². The van der Waals surface area contributed by atoms with Crippen molar-refractivity contribution in [3.05, 3.63) is 0 Å². The number of aliphatic imine (C=N–C) groups is 1. The lowest BCUT2D eigenvalue weighted by molar-refractivity contribution is -0.169. The first kappa shape index (κ1) is 19.0. The molecule has 7 heteroatoms. The second kappa shape index (κ2) is 7.95. The topological polar surface area (TPSA) is 66.4 Å². The van der Waals surface area contributed by atoms with Crippen LogP contribution in [0, 0.1) is 5.41 Å². The Balaban J connectivity index is 1.29. The molecule has 2 saturated carbocycles. The first-order chi connectivity index (χ1) is 13.2. The van der Waals surface area contributed by atoms with Crippen molar-refractivity contribution < 1.29 is 14.3 Å². The van der Waals surface area contributed by atoms with Gasteiger partial charge in [0.15, 0.2) is 5.96 Å². The van der Waals surface area contributed by atoms with Crippen molar-refractivity contribution in [1.29, 1.82) is 0 Å². The summed E-state index contributed by atoms with van der Waals surface area (Å²) in [5.74, 6) is 1.15. The number of ether oxygens (including phenoxy) is 2. The summed E-state index contributed by atoms with van der Waals surface area (Å²) in [7, 11) is 1.86. The second-order valence-electron chi connectivity index (χ2n) is 8.32. The van der Waals surface area contributed by atoms with E-state index in [2.05, 4.69) is 22.1 Å². The lowest BCUT2D eigenvalue weighted by Gasteiger charge is -2.61. The van der Waals surface area contributed by atoms with E-state index in [-0.39, 0.29) is 12.0 Å². The molecule has 0 radical (unpaired) electrons. The maximum absolute atomic E-state index is 12.5. The van der Waals surface area contributed by atoms with E-state index in [1.807, 2.05) is 11.9 Å². The van der Waals surface area contributed by atoms with E-state index >= 15 is 0 Å². The number of amides is 1. The van der Waals surface area contributed by atoms with Gasteiger partial charge in [0.25, 0.3) is 5.91 Å². The molecule has 4 fully saturated rings. The Bertz CT molecular complexity index is 564. The number of rotatable bonds is 4. The van der Waals surface area contributed by atoms with E-state index in [0.29, 0.717) is 17.6 Å². The first-order valence-electron chi connectivity index (χ1n) is 10.7. The molecule has 3 atom stereocenters. The summed E-state index contributed by atoms with van der Waals surface area (Å²) < 4.78 is 11.5. The quantitative estimate of drug-likeness (QED) is 0.589. The zero-order chi connectivity index (χ0) is 18.9. The fourth-order valence-electron chi connectivity index (χ4n) is 5.21. The van der Waals surface area contributed by atoms with Crippen LogP contribution in [0.1, 0.15) is 45.4 Å². The Morgan fingerprint density at radius 2 is 1.96 bits per heavy atom. The number of carbonyl (C=O) groups is 1. The highest BCUT2D eigenvalue weighted by molar-refractivity contribution is 5.83. The van der Waals surface area contributed by atoms with E-state index in [1.165, 1.54) is 19.3 Å². The molecule has 2 heterocycles. The molecular weight excluding hydrogens is 344 g/mol. The van der Waals surface area contributed by atoms with Gasteiger partial charge in [-0.2, -0.15) is 0 Å². The van der Waals surface area contributed by atoms with Crippen LogP contribution in [-0.2, 0) is 14.3 Å². The number of hydrogen-bond acceptors (Lipinski definition) is 4. The lowest BCUT2D eigenvalue weighted by Crippen LogP contribution is -2.69. The van der Waals surface area contributed by atoms with Gasteiger partial charge < -0.3 is 24.6 Å². The maximum Gasteiger partial charge on any atom is 0.251 e. The number of piperazine rings is 1. The highest BCUT2D eigenvalue weighted by Gasteiger charge is 2.59. The average Bonchev–Trinajstić information content (AvgIpc) is 3.17. The minimum Gasteiger partial charge on any atom is -0.378 e. The van der Waals surface area contributed by atoms with Gasteiger partial charge in [-0.05, 0) is 39.0 Å². The third-order valence-corrected chi connectivity index (χ3v) is 7.05. The molecule has 2 aliphatic carbocycles. The second-order valence-corrected chi connectivity index (χ2v) is 8.32. The van der Waals surface area contributed by atoms with Crippen LogP contribution in [0.5, 0.6) is 0 Å². The summed E-state index contributed by atoms with van der Waals surface area (Å²) in [6.45, 7) is 6.75. The zero-order valence-electron chi connectivity index (χ0n) is 16.8. The molecule has 0 bridgehead atoms. The van der Waals surface area contributed by atoms with E-state index < -0.39 is 0 Å². The van der Waals surface area contributed by atoms with Crippen LogP contribution in [0.2, 0.25) is 0 Å². The minimum atomic E-state index is -0.210. The van der Waals surface area contributed by atoms with Gasteiger partial charge in [-0.25, -0.2) is 0 Å². The van der Waals surface area contributed by atoms with Gasteiger partial charge in [0.1, 0.15) is 6.10 Å². The molecule has 3 unspecified atom stereocenters. The molecule has 1 amide bonds. The summed E-state index contributed by atoms with van der Waals surface area (Å²) in [5.41, 5.74) is 0.323. The van der Waals surface area contributed by atoms with Crippen LogP contribution in [0.25, 0.3) is 0 Å². The smallest absolute Gasteiger partial charge is 0.251 e. The normalized spacial score (nSPS) is 33.0. The number of guanidine groups is 1. The Kier molecular flexibility index (Phi) is 5.60. The molecule has 4 aliphatic rings. The van der Waals surface area contributed by atoms with Crippen LogP contribution in [0.4, 0.5) is 0 Å². The average molecular weight is 379 g/mol. The van der Waals surface area contributed by atoms with Crippen molar-refractivity contribution in [1.82, 2.24) is 15.1 Å². The lowest BCUT2D eigenvalue weighted by atomic mass is 9.51. The van der Waals surface area contributed by atoms with Crippen LogP contribution in [0.15, 0.2) is 4.99 Å². The van der Waals surface area contributed by atoms with E-state index in [4.69, 9.17) is 9.47 Å². The van der Waals surface area contributed by atoms with Gasteiger partial charge in [-0.15, -0.1) is 0 Å². The van der Waals surface area contributed by atoms with Gasteiger partial charge in [0.05, 0.1) is 6.10 Å². The molecule has 4 rings (SSSR count). The number of carbonyl (C=O) groups excluding carboxylic acids is 1. The van der Waals surface area contributed by atoms with Crippen molar-refractivity contribution in [3.63, 3.8) is 0 Å². The van der Waals surface area contributed by atoms with Crippen LogP contribution >= 0.6 is 0 Å². The fourth-order valence-corrected chi connectivity index (χ4v) is 5.21. The van der Waals surface area contributed by atoms with Crippen molar-refractivity contribution in [3.8, 4) is 0 Å². The van der Waals surface area contributed by atoms with E-state index in [0.717, 1.165) is 64.6 Å². The van der Waals surface area contributed by atoms with Gasteiger partial charge in [-0.3, -0.25) is 9.79 Å². The Hall–Kier alpha value is -1.34. The summed E-state index contributed by atoms with van der Waals surface area (Å²) >= 11 is 0. The molecule has 0 aromatic rings. The first-order valence-corrected chi connectivity index (χ1v) is 10.7. The number of nitrogens with one attached hydrogen (secondary N) is 1. The number of nitrogens with zero attached hydrogens (tertiary/aromatic N) is 3. The zero-order valence-corrected chi connectivity index (χ0v) is 16.8. The van der Waals surface area contributed by atoms with Crippen LogP contribution in [-0.4, -0.2) is 86.4 Å². The fraction of sp³-hybridized carbons (Fsp3) is 0.900. The molecule has 152 valence electrons. The Morgan fingerprint density at radius 3 is 2.52 bits per heavy atom. The highest BCUT2D eigenvalue weighted by atomic mass is 16.5. The summed E-state index contributed by atoms with van der Waals surface area (Å²) in [4.78, 5) is 21.3. The molecule has 0 aromatic carbocycles. The van der Waals surface area contributed by atoms with Crippen LogP contribution in [0.3, 0.4) is 0 Å². The predicted molar refractivity (Wildman–Crippen MR) is 104 cm³/mol. The molecule has 7 nitrogen and oxygen atoms in total. The Labute approximate surface area is 162 Å². The van der Waals surface area contributed by atoms with Crippen molar-refractivity contribution >= 4 is 11.9 Å². The van der Waals surface area contributed by atoms with Gasteiger partial charge in [-0.1, -0.05) is 6.42 Å². The van der Waals surface area contributed by atoms with Crippen molar-refractivity contribution in [2.45, 2.75) is 63.7 Å². The van der Waals surface area contributed by atoms with Gasteiger partial charge in [0, 0.05) is 57.9 Å². The molecular formula is C20H34N4O3. The third-order valence-electron chi connectivity index (χ3n) is 7.05. The molecule has 27 heavy (non-hydrogen) atoms. The van der Waals surface area contributed by atoms with Gasteiger partial charge in [0.2, 0.25) is 0 Å². The number of hydrogen-bond donors (Lipinski definition) is 1.